The largest absolute Gasteiger partial charge is 0.316 e. The molecular weight excluding hydrogens is 278 g/mol. The molecule has 2 fully saturated rings. The van der Waals surface area contributed by atoms with Crippen molar-refractivity contribution in [2.24, 2.45) is 17.8 Å². The lowest BCUT2D eigenvalue weighted by molar-refractivity contribution is 0.291. The Bertz CT molecular complexity index is 441. The summed E-state index contributed by atoms with van der Waals surface area (Å²) in [6.07, 6.45) is 8.57. The molecule has 1 nitrogen and oxygen atoms in total. The van der Waals surface area contributed by atoms with Crippen molar-refractivity contribution >= 4 is 11.6 Å². The van der Waals surface area contributed by atoms with Crippen LogP contribution in [-0.2, 0) is 0 Å². The van der Waals surface area contributed by atoms with Gasteiger partial charge in [0.25, 0.3) is 0 Å². The van der Waals surface area contributed by atoms with Crippen LogP contribution >= 0.6 is 11.6 Å². The highest BCUT2D eigenvalue weighted by Crippen LogP contribution is 2.51. The summed E-state index contributed by atoms with van der Waals surface area (Å²) in [5.74, 6) is 3.69. The molecule has 0 aliphatic heterocycles. The second-order valence-electron chi connectivity index (χ2n) is 7.12. The van der Waals surface area contributed by atoms with E-state index in [0.29, 0.717) is 5.92 Å². The van der Waals surface area contributed by atoms with Crippen molar-refractivity contribution in [3.8, 4) is 0 Å². The van der Waals surface area contributed by atoms with Gasteiger partial charge >= 0.3 is 0 Å². The van der Waals surface area contributed by atoms with Crippen LogP contribution in [0.25, 0.3) is 0 Å². The SMILES string of the molecule is CCCNCC(CC1CC2CCC1C2)c1ccc(Cl)cc1. The van der Waals surface area contributed by atoms with Crippen LogP contribution < -0.4 is 5.32 Å². The maximum absolute atomic E-state index is 6.05. The van der Waals surface area contributed by atoms with Crippen molar-refractivity contribution in [3.05, 3.63) is 34.9 Å². The molecule has 116 valence electrons. The Morgan fingerprint density at radius 3 is 2.62 bits per heavy atom. The first-order valence-electron chi connectivity index (χ1n) is 8.72. The third-order valence-electron chi connectivity index (χ3n) is 5.63. The maximum Gasteiger partial charge on any atom is 0.0406 e. The van der Waals surface area contributed by atoms with Gasteiger partial charge in [0.2, 0.25) is 0 Å². The van der Waals surface area contributed by atoms with Crippen LogP contribution in [0.1, 0.15) is 56.9 Å². The fourth-order valence-electron chi connectivity index (χ4n) is 4.56. The Morgan fingerprint density at radius 1 is 1.19 bits per heavy atom. The summed E-state index contributed by atoms with van der Waals surface area (Å²) in [6, 6.07) is 8.55. The first kappa shape index (κ1) is 15.4. The predicted molar refractivity (Wildman–Crippen MR) is 90.9 cm³/mol. The van der Waals surface area contributed by atoms with E-state index >= 15 is 0 Å². The monoisotopic (exact) mass is 305 g/mol. The zero-order valence-corrected chi connectivity index (χ0v) is 13.9. The molecule has 21 heavy (non-hydrogen) atoms. The van der Waals surface area contributed by atoms with Gasteiger partial charge in [-0.25, -0.2) is 0 Å². The van der Waals surface area contributed by atoms with Gasteiger partial charge in [0.1, 0.15) is 0 Å². The van der Waals surface area contributed by atoms with Crippen molar-refractivity contribution in [3.63, 3.8) is 0 Å². The lowest BCUT2D eigenvalue weighted by Crippen LogP contribution is -2.25. The number of benzene rings is 1. The summed E-state index contributed by atoms with van der Waals surface area (Å²) < 4.78 is 0. The zero-order valence-electron chi connectivity index (χ0n) is 13.2. The Hall–Kier alpha value is -0.530. The molecule has 2 aliphatic carbocycles. The average molecular weight is 306 g/mol. The zero-order chi connectivity index (χ0) is 14.7. The van der Waals surface area contributed by atoms with Gasteiger partial charge < -0.3 is 5.32 Å². The molecule has 2 saturated carbocycles. The van der Waals surface area contributed by atoms with Crippen LogP contribution in [0.4, 0.5) is 0 Å². The average Bonchev–Trinajstić information content (AvgIpc) is 3.10. The normalized spacial score (nSPS) is 29.0. The maximum atomic E-state index is 6.05. The first-order chi connectivity index (χ1) is 10.3. The molecule has 2 bridgehead atoms. The van der Waals surface area contributed by atoms with Gasteiger partial charge in [-0.2, -0.15) is 0 Å². The lowest BCUT2D eigenvalue weighted by atomic mass is 9.80. The summed E-state index contributed by atoms with van der Waals surface area (Å²) in [4.78, 5) is 0. The highest BCUT2D eigenvalue weighted by molar-refractivity contribution is 6.30. The van der Waals surface area contributed by atoms with Crippen molar-refractivity contribution in [2.45, 2.75) is 51.4 Å². The minimum Gasteiger partial charge on any atom is -0.316 e. The molecule has 4 atom stereocenters. The van der Waals surface area contributed by atoms with Crippen molar-refractivity contribution in [1.29, 1.82) is 0 Å². The van der Waals surface area contributed by atoms with Crippen LogP contribution in [0.3, 0.4) is 0 Å². The van der Waals surface area contributed by atoms with Crippen molar-refractivity contribution in [2.75, 3.05) is 13.1 Å². The van der Waals surface area contributed by atoms with E-state index in [1.807, 2.05) is 12.1 Å². The minimum absolute atomic E-state index is 0.651. The summed E-state index contributed by atoms with van der Waals surface area (Å²) in [5.41, 5.74) is 1.46. The Balaban J connectivity index is 1.65. The third-order valence-corrected chi connectivity index (χ3v) is 5.88. The number of nitrogens with one attached hydrogen (secondary N) is 1. The molecule has 0 radical (unpaired) electrons. The van der Waals surface area contributed by atoms with Gasteiger partial charge in [-0.15, -0.1) is 0 Å². The van der Waals surface area contributed by atoms with Gasteiger partial charge in [-0.3, -0.25) is 0 Å². The first-order valence-corrected chi connectivity index (χ1v) is 9.10. The Morgan fingerprint density at radius 2 is 2.00 bits per heavy atom. The van der Waals surface area contributed by atoms with Crippen LogP contribution in [0.2, 0.25) is 5.02 Å². The van der Waals surface area contributed by atoms with Crippen LogP contribution in [0, 0.1) is 17.8 Å². The van der Waals surface area contributed by atoms with Gasteiger partial charge in [-0.05, 0) is 80.0 Å². The van der Waals surface area contributed by atoms with Gasteiger partial charge in [0.15, 0.2) is 0 Å². The second-order valence-corrected chi connectivity index (χ2v) is 7.56. The Kier molecular flexibility index (Phi) is 5.24. The molecular formula is C19H28ClN. The summed E-state index contributed by atoms with van der Waals surface area (Å²) in [6.45, 7) is 4.48. The lowest BCUT2D eigenvalue weighted by Gasteiger charge is -2.27. The summed E-state index contributed by atoms with van der Waals surface area (Å²) in [7, 11) is 0. The predicted octanol–water partition coefficient (Wildman–Crippen LogP) is 5.25. The van der Waals surface area contributed by atoms with Crippen molar-refractivity contribution in [1.82, 2.24) is 5.32 Å². The van der Waals surface area contributed by atoms with Crippen LogP contribution in [0.5, 0.6) is 0 Å². The van der Waals surface area contributed by atoms with E-state index in [0.717, 1.165) is 35.9 Å². The fourth-order valence-corrected chi connectivity index (χ4v) is 4.68. The molecule has 1 N–H and O–H groups in total. The quantitative estimate of drug-likeness (QED) is 0.678. The van der Waals surface area contributed by atoms with E-state index in [1.54, 1.807) is 0 Å². The van der Waals surface area contributed by atoms with E-state index in [9.17, 15) is 0 Å². The van der Waals surface area contributed by atoms with E-state index in [4.69, 9.17) is 11.6 Å². The molecule has 0 aromatic heterocycles. The molecule has 0 spiro atoms. The van der Waals surface area contributed by atoms with Gasteiger partial charge in [-0.1, -0.05) is 37.1 Å². The van der Waals surface area contributed by atoms with E-state index in [-0.39, 0.29) is 0 Å². The molecule has 4 unspecified atom stereocenters. The smallest absolute Gasteiger partial charge is 0.0406 e. The summed E-state index contributed by atoms with van der Waals surface area (Å²) >= 11 is 6.05. The molecule has 1 aromatic carbocycles. The molecule has 3 rings (SSSR count). The molecule has 1 aromatic rings. The standard InChI is InChI=1S/C19H28ClN/c1-2-9-21-13-18(15-5-7-19(20)8-6-15)12-17-11-14-3-4-16(17)10-14/h5-8,14,16-18,21H,2-4,9-13H2,1H3. The van der Waals surface area contributed by atoms with Crippen LogP contribution in [-0.4, -0.2) is 13.1 Å². The topological polar surface area (TPSA) is 12.0 Å². The third kappa shape index (κ3) is 3.81. The fraction of sp³-hybridized carbons (Fsp3) is 0.684. The van der Waals surface area contributed by atoms with E-state index in [2.05, 4.69) is 24.4 Å². The van der Waals surface area contributed by atoms with Crippen LogP contribution in [0.15, 0.2) is 24.3 Å². The Labute approximate surface area is 134 Å². The molecule has 0 saturated heterocycles. The van der Waals surface area contributed by atoms with Gasteiger partial charge in [0.05, 0.1) is 0 Å². The molecule has 2 heteroatoms. The number of hydrogen-bond acceptors (Lipinski definition) is 1. The highest BCUT2D eigenvalue weighted by Gasteiger charge is 2.40. The number of hydrogen-bond donors (Lipinski definition) is 1. The molecule has 0 heterocycles. The molecule has 2 aliphatic rings. The van der Waals surface area contributed by atoms with Gasteiger partial charge in [0, 0.05) is 11.6 Å². The highest BCUT2D eigenvalue weighted by atomic mass is 35.5. The second kappa shape index (κ2) is 7.15. The summed E-state index contributed by atoms with van der Waals surface area (Å²) in [5, 5.41) is 4.48. The number of rotatable bonds is 7. The van der Waals surface area contributed by atoms with E-state index < -0.39 is 0 Å². The van der Waals surface area contributed by atoms with Crippen molar-refractivity contribution < 1.29 is 0 Å². The number of halogens is 1. The number of fused-ring (bicyclic) bond motifs is 2. The van der Waals surface area contributed by atoms with E-state index in [1.165, 1.54) is 44.1 Å². The molecule has 0 amide bonds. The minimum atomic E-state index is 0.651.